The van der Waals surface area contributed by atoms with Crippen LogP contribution < -0.4 is 4.74 Å². The van der Waals surface area contributed by atoms with Crippen LogP contribution in [0.25, 0.3) is 22.4 Å². The lowest BCUT2D eigenvalue weighted by Gasteiger charge is -2.08. The topological polar surface area (TPSA) is 81.0 Å². The lowest BCUT2D eigenvalue weighted by atomic mass is 10.1. The van der Waals surface area contributed by atoms with Crippen molar-refractivity contribution in [2.45, 2.75) is 17.9 Å². The first-order chi connectivity index (χ1) is 13.2. The summed E-state index contributed by atoms with van der Waals surface area (Å²) in [5.41, 5.74) is 3.45. The molecule has 0 amide bonds. The number of rotatable bonds is 6. The highest BCUT2D eigenvalue weighted by Gasteiger charge is 2.15. The molecule has 0 fully saturated rings. The van der Waals surface area contributed by atoms with Gasteiger partial charge in [0.25, 0.3) is 11.1 Å². The maximum atomic E-state index is 11.6. The van der Waals surface area contributed by atoms with E-state index in [0.29, 0.717) is 22.4 Å². The average molecular weight is 379 g/mol. The Morgan fingerprint density at radius 1 is 1.22 bits per heavy atom. The molecule has 0 atom stereocenters. The molecule has 0 unspecified atom stereocenters. The van der Waals surface area contributed by atoms with Crippen LogP contribution in [0.4, 0.5) is 0 Å². The number of hydrogen-bond donors (Lipinski definition) is 1. The fourth-order valence-electron chi connectivity index (χ4n) is 2.88. The van der Waals surface area contributed by atoms with Crippen LogP contribution in [0.1, 0.15) is 22.8 Å². The van der Waals surface area contributed by atoms with Gasteiger partial charge < -0.3 is 14.1 Å². The number of para-hydroxylation sites is 1. The number of aromatic nitrogens is 3. The monoisotopic (exact) mass is 379 g/mol. The molecule has 1 N–H and O–H groups in total. The number of nitrogens with one attached hydrogen (secondary N) is 1. The third-order valence-corrected chi connectivity index (χ3v) is 5.13. The second-order valence-corrected chi connectivity index (χ2v) is 6.92. The molecule has 0 aliphatic rings. The number of fused-ring (bicyclic) bond motifs is 1. The molecule has 0 spiro atoms. The molecule has 0 aliphatic carbocycles. The van der Waals surface area contributed by atoms with Crippen molar-refractivity contribution in [3.63, 3.8) is 0 Å². The van der Waals surface area contributed by atoms with E-state index in [9.17, 15) is 4.79 Å². The summed E-state index contributed by atoms with van der Waals surface area (Å²) in [7, 11) is 1.61. The number of methoxy groups -OCH3 is 1. The zero-order valence-corrected chi connectivity index (χ0v) is 15.7. The molecule has 6 nitrogen and oxygen atoms in total. The lowest BCUT2D eigenvalue weighted by molar-refractivity contribution is 0.101. The normalized spacial score (nSPS) is 11.0. The van der Waals surface area contributed by atoms with Crippen LogP contribution in [0.15, 0.2) is 58.3 Å². The van der Waals surface area contributed by atoms with Gasteiger partial charge in [0.2, 0.25) is 0 Å². The summed E-state index contributed by atoms with van der Waals surface area (Å²) in [6, 6.07) is 13.4. The Hall–Kier alpha value is -3.06. The maximum Gasteiger partial charge on any atom is 0.277 e. The highest BCUT2D eigenvalue weighted by molar-refractivity contribution is 7.98. The van der Waals surface area contributed by atoms with Crippen LogP contribution in [-0.4, -0.2) is 28.1 Å². The number of hydrogen-bond acceptors (Lipinski definition) is 6. The highest BCUT2D eigenvalue weighted by atomic mass is 32.2. The SMILES string of the molecule is COc1ccc(C(C)=O)cc1CSc1nnc(-c2c[nH]c3ccccc23)o1. The fraction of sp³-hybridized carbons (Fsp3) is 0.150. The van der Waals surface area contributed by atoms with Gasteiger partial charge in [-0.2, -0.15) is 0 Å². The zero-order chi connectivity index (χ0) is 18.8. The van der Waals surface area contributed by atoms with E-state index in [2.05, 4.69) is 15.2 Å². The van der Waals surface area contributed by atoms with Gasteiger partial charge in [-0.1, -0.05) is 30.0 Å². The Bertz CT molecular complexity index is 1120. The predicted octanol–water partition coefficient (Wildman–Crippen LogP) is 4.72. The molecular weight excluding hydrogens is 362 g/mol. The van der Waals surface area contributed by atoms with Gasteiger partial charge in [0.05, 0.1) is 12.7 Å². The molecule has 136 valence electrons. The van der Waals surface area contributed by atoms with E-state index in [0.717, 1.165) is 27.8 Å². The van der Waals surface area contributed by atoms with Crippen molar-refractivity contribution < 1.29 is 13.9 Å². The van der Waals surface area contributed by atoms with Gasteiger partial charge in [-0.25, -0.2) is 0 Å². The van der Waals surface area contributed by atoms with Crippen LogP contribution >= 0.6 is 11.8 Å². The van der Waals surface area contributed by atoms with E-state index in [-0.39, 0.29) is 5.78 Å². The van der Waals surface area contributed by atoms with E-state index in [1.807, 2.05) is 36.5 Å². The molecule has 0 saturated carbocycles. The summed E-state index contributed by atoms with van der Waals surface area (Å²) in [6.45, 7) is 1.55. The molecule has 0 aliphatic heterocycles. The smallest absolute Gasteiger partial charge is 0.277 e. The lowest BCUT2D eigenvalue weighted by Crippen LogP contribution is -1.96. The van der Waals surface area contributed by atoms with E-state index in [4.69, 9.17) is 9.15 Å². The minimum absolute atomic E-state index is 0.0170. The van der Waals surface area contributed by atoms with Gasteiger partial charge >= 0.3 is 0 Å². The van der Waals surface area contributed by atoms with Crippen LogP contribution in [0.2, 0.25) is 0 Å². The number of thioether (sulfide) groups is 1. The van der Waals surface area contributed by atoms with Crippen LogP contribution in [0, 0.1) is 0 Å². The Kier molecular flexibility index (Phi) is 4.68. The first-order valence-electron chi connectivity index (χ1n) is 8.36. The van der Waals surface area contributed by atoms with E-state index < -0.39 is 0 Å². The first kappa shape index (κ1) is 17.4. The van der Waals surface area contributed by atoms with Gasteiger partial charge in [0.15, 0.2) is 5.78 Å². The van der Waals surface area contributed by atoms with Gasteiger partial charge in [-0.15, -0.1) is 10.2 Å². The van der Waals surface area contributed by atoms with Crippen molar-refractivity contribution in [2.24, 2.45) is 0 Å². The number of ketones is 1. The molecule has 2 heterocycles. The molecule has 0 saturated heterocycles. The second-order valence-electron chi connectivity index (χ2n) is 5.99. The average Bonchev–Trinajstić information content (AvgIpc) is 3.32. The van der Waals surface area contributed by atoms with Gasteiger partial charge in [-0.3, -0.25) is 4.79 Å². The van der Waals surface area contributed by atoms with E-state index in [1.165, 1.54) is 11.8 Å². The molecule has 2 aromatic carbocycles. The molecule has 0 bridgehead atoms. The zero-order valence-electron chi connectivity index (χ0n) is 14.9. The summed E-state index contributed by atoms with van der Waals surface area (Å²) in [6.07, 6.45) is 1.87. The van der Waals surface area contributed by atoms with Gasteiger partial charge in [0.1, 0.15) is 5.75 Å². The third-order valence-electron chi connectivity index (χ3n) is 4.26. The number of ether oxygens (including phenoxy) is 1. The number of H-pyrrole nitrogens is 1. The largest absolute Gasteiger partial charge is 0.496 e. The Morgan fingerprint density at radius 3 is 2.89 bits per heavy atom. The molecule has 4 aromatic rings. The van der Waals surface area contributed by atoms with Crippen molar-refractivity contribution >= 4 is 28.4 Å². The molecule has 7 heteroatoms. The quantitative estimate of drug-likeness (QED) is 0.386. The first-order valence-corrected chi connectivity index (χ1v) is 9.35. The molecule has 2 aromatic heterocycles. The summed E-state index contributed by atoms with van der Waals surface area (Å²) < 4.78 is 11.2. The standard InChI is InChI=1S/C20H17N3O3S/c1-12(24)13-7-8-18(25-2)14(9-13)11-27-20-23-22-19(26-20)16-10-21-17-6-4-3-5-15(16)17/h3-10,21H,11H2,1-2H3. The summed E-state index contributed by atoms with van der Waals surface area (Å²) >= 11 is 1.41. The molecule has 27 heavy (non-hydrogen) atoms. The number of carbonyl (C=O) groups is 1. The van der Waals surface area contributed by atoms with Crippen molar-refractivity contribution in [3.05, 3.63) is 59.8 Å². The molecule has 4 rings (SSSR count). The Morgan fingerprint density at radius 2 is 2.07 bits per heavy atom. The van der Waals surface area contributed by atoms with Crippen molar-refractivity contribution in [1.29, 1.82) is 0 Å². The van der Waals surface area contributed by atoms with E-state index in [1.54, 1.807) is 26.2 Å². The van der Waals surface area contributed by atoms with Crippen molar-refractivity contribution in [3.8, 4) is 17.2 Å². The van der Waals surface area contributed by atoms with Crippen molar-refractivity contribution in [1.82, 2.24) is 15.2 Å². The van der Waals surface area contributed by atoms with Crippen LogP contribution in [0.5, 0.6) is 5.75 Å². The summed E-state index contributed by atoms with van der Waals surface area (Å²) in [5.74, 6) is 1.77. The minimum Gasteiger partial charge on any atom is -0.496 e. The van der Waals surface area contributed by atoms with Gasteiger partial charge in [-0.05, 0) is 31.2 Å². The summed E-state index contributed by atoms with van der Waals surface area (Å²) in [5, 5.41) is 9.80. The Labute approximate surface area is 159 Å². The fourth-order valence-corrected chi connectivity index (χ4v) is 3.62. The number of carbonyl (C=O) groups excluding carboxylic acids is 1. The highest BCUT2D eigenvalue weighted by Crippen LogP contribution is 2.32. The Balaban J connectivity index is 1.55. The summed E-state index contributed by atoms with van der Waals surface area (Å²) in [4.78, 5) is 14.8. The number of aromatic amines is 1. The number of benzene rings is 2. The second kappa shape index (κ2) is 7.28. The minimum atomic E-state index is 0.0170. The maximum absolute atomic E-state index is 11.6. The van der Waals surface area contributed by atoms with E-state index >= 15 is 0 Å². The molecule has 0 radical (unpaired) electrons. The van der Waals surface area contributed by atoms with Gasteiger partial charge in [0, 0.05) is 34.0 Å². The number of nitrogens with zero attached hydrogens (tertiary/aromatic N) is 2. The third kappa shape index (κ3) is 3.46. The molecular formula is C20H17N3O3S. The van der Waals surface area contributed by atoms with Crippen molar-refractivity contribution in [2.75, 3.05) is 7.11 Å². The number of Topliss-reactive ketones (excluding diaryl/α,β-unsaturated/α-hetero) is 1. The predicted molar refractivity (Wildman–Crippen MR) is 104 cm³/mol. The van der Waals surface area contributed by atoms with Crippen LogP contribution in [0.3, 0.4) is 0 Å². The van der Waals surface area contributed by atoms with Crippen LogP contribution in [-0.2, 0) is 5.75 Å².